The summed E-state index contributed by atoms with van der Waals surface area (Å²) in [5, 5.41) is 3.16. The average molecular weight is 195 g/mol. The number of aryl methyl sites for hydroxylation is 1. The molecule has 3 heteroatoms. The lowest BCUT2D eigenvalue weighted by molar-refractivity contribution is 0.530. The monoisotopic (exact) mass is 195 g/mol. The molecule has 1 N–H and O–H groups in total. The van der Waals surface area contributed by atoms with Gasteiger partial charge in [-0.25, -0.2) is 4.98 Å². The highest BCUT2D eigenvalue weighted by atomic mass is 15.1. The zero-order chi connectivity index (χ0) is 10.9. The van der Waals surface area contributed by atoms with Crippen molar-refractivity contribution in [2.45, 2.75) is 39.7 Å². The van der Waals surface area contributed by atoms with Gasteiger partial charge in [-0.05, 0) is 14.0 Å². The van der Waals surface area contributed by atoms with Crippen LogP contribution >= 0.6 is 0 Å². The smallest absolute Gasteiger partial charge is 0.105 e. The fraction of sp³-hybridized carbons (Fsp3) is 0.727. The van der Waals surface area contributed by atoms with Gasteiger partial charge in [0.25, 0.3) is 0 Å². The van der Waals surface area contributed by atoms with Crippen molar-refractivity contribution in [2.24, 2.45) is 7.05 Å². The molecule has 0 radical (unpaired) electrons. The molecule has 0 saturated heterocycles. The van der Waals surface area contributed by atoms with Crippen molar-refractivity contribution in [2.75, 3.05) is 7.05 Å². The largest absolute Gasteiger partial charge is 0.335 e. The molecule has 0 atom stereocenters. The van der Waals surface area contributed by atoms with Crippen LogP contribution in [0.25, 0.3) is 0 Å². The van der Waals surface area contributed by atoms with Crippen LogP contribution in [0.4, 0.5) is 0 Å². The molecule has 0 spiro atoms. The first kappa shape index (κ1) is 11.2. The minimum Gasteiger partial charge on any atom is -0.335 e. The van der Waals surface area contributed by atoms with Gasteiger partial charge in [0.1, 0.15) is 5.82 Å². The van der Waals surface area contributed by atoms with Crippen molar-refractivity contribution < 1.29 is 0 Å². The molecule has 0 unspecified atom stereocenters. The number of rotatable bonds is 2. The minimum atomic E-state index is 0.155. The van der Waals surface area contributed by atoms with E-state index < -0.39 is 0 Å². The van der Waals surface area contributed by atoms with Crippen molar-refractivity contribution in [3.63, 3.8) is 0 Å². The Morgan fingerprint density at radius 1 is 1.36 bits per heavy atom. The Morgan fingerprint density at radius 3 is 2.36 bits per heavy atom. The third-order valence-corrected chi connectivity index (χ3v) is 2.45. The van der Waals surface area contributed by atoms with Gasteiger partial charge in [-0.3, -0.25) is 0 Å². The van der Waals surface area contributed by atoms with E-state index >= 15 is 0 Å². The van der Waals surface area contributed by atoms with Crippen LogP contribution in [0, 0.1) is 6.92 Å². The van der Waals surface area contributed by atoms with Gasteiger partial charge in [-0.1, -0.05) is 20.8 Å². The third kappa shape index (κ3) is 1.98. The Labute approximate surface area is 86.5 Å². The van der Waals surface area contributed by atoms with Crippen molar-refractivity contribution >= 4 is 0 Å². The Morgan fingerprint density at radius 2 is 1.93 bits per heavy atom. The van der Waals surface area contributed by atoms with E-state index in [1.54, 1.807) is 0 Å². The summed E-state index contributed by atoms with van der Waals surface area (Å²) in [6.07, 6.45) is 0. The van der Waals surface area contributed by atoms with E-state index in [4.69, 9.17) is 0 Å². The van der Waals surface area contributed by atoms with Gasteiger partial charge in [0.2, 0.25) is 0 Å². The zero-order valence-electron chi connectivity index (χ0n) is 10.1. The molecule has 1 rings (SSSR count). The standard InChI is InChI=1S/C11H21N3/c1-8-13-9(7-12-5)10(14(8)6)11(2,3)4/h12H,7H2,1-6H3. The maximum absolute atomic E-state index is 4.57. The van der Waals surface area contributed by atoms with Crippen LogP contribution in [0.15, 0.2) is 0 Å². The maximum Gasteiger partial charge on any atom is 0.105 e. The first-order valence-corrected chi connectivity index (χ1v) is 5.05. The number of imidazole rings is 1. The predicted molar refractivity (Wildman–Crippen MR) is 59.4 cm³/mol. The van der Waals surface area contributed by atoms with Crippen LogP contribution in [-0.4, -0.2) is 16.6 Å². The molecule has 1 aromatic heterocycles. The van der Waals surface area contributed by atoms with Crippen LogP contribution in [0.5, 0.6) is 0 Å². The van der Waals surface area contributed by atoms with Crippen molar-refractivity contribution in [3.8, 4) is 0 Å². The van der Waals surface area contributed by atoms with Gasteiger partial charge >= 0.3 is 0 Å². The summed E-state index contributed by atoms with van der Waals surface area (Å²) in [6, 6.07) is 0. The van der Waals surface area contributed by atoms with E-state index in [9.17, 15) is 0 Å². The summed E-state index contributed by atoms with van der Waals surface area (Å²) in [6.45, 7) is 9.57. The highest BCUT2D eigenvalue weighted by molar-refractivity contribution is 5.23. The second-order valence-electron chi connectivity index (χ2n) is 4.79. The maximum atomic E-state index is 4.57. The summed E-state index contributed by atoms with van der Waals surface area (Å²) in [7, 11) is 4.04. The van der Waals surface area contributed by atoms with E-state index in [2.05, 4.69) is 49.6 Å². The molecule has 0 fully saturated rings. The van der Waals surface area contributed by atoms with Crippen molar-refractivity contribution in [3.05, 3.63) is 17.2 Å². The van der Waals surface area contributed by atoms with Gasteiger partial charge in [0.15, 0.2) is 0 Å². The first-order chi connectivity index (χ1) is 6.38. The summed E-state index contributed by atoms with van der Waals surface area (Å²) in [4.78, 5) is 4.57. The second-order valence-corrected chi connectivity index (χ2v) is 4.79. The highest BCUT2D eigenvalue weighted by Crippen LogP contribution is 2.26. The number of nitrogens with zero attached hydrogens (tertiary/aromatic N) is 2. The molecule has 0 saturated carbocycles. The molecule has 0 aliphatic carbocycles. The van der Waals surface area contributed by atoms with E-state index in [-0.39, 0.29) is 5.41 Å². The Hall–Kier alpha value is -0.830. The van der Waals surface area contributed by atoms with Crippen molar-refractivity contribution in [1.82, 2.24) is 14.9 Å². The lowest BCUT2D eigenvalue weighted by atomic mass is 9.90. The number of aromatic nitrogens is 2. The number of hydrogen-bond donors (Lipinski definition) is 1. The zero-order valence-corrected chi connectivity index (χ0v) is 10.1. The molecule has 14 heavy (non-hydrogen) atoms. The molecule has 0 aromatic carbocycles. The molecule has 1 heterocycles. The minimum absolute atomic E-state index is 0.155. The van der Waals surface area contributed by atoms with Crippen LogP contribution in [-0.2, 0) is 19.0 Å². The lowest BCUT2D eigenvalue weighted by Gasteiger charge is -2.21. The van der Waals surface area contributed by atoms with Gasteiger partial charge in [0, 0.05) is 24.7 Å². The van der Waals surface area contributed by atoms with E-state index in [1.807, 2.05) is 7.05 Å². The SMILES string of the molecule is CNCc1nc(C)n(C)c1C(C)(C)C. The normalized spacial score (nSPS) is 12.1. The van der Waals surface area contributed by atoms with E-state index in [0.29, 0.717) is 0 Å². The van der Waals surface area contributed by atoms with Gasteiger partial charge < -0.3 is 9.88 Å². The number of hydrogen-bond acceptors (Lipinski definition) is 2. The van der Waals surface area contributed by atoms with E-state index in [1.165, 1.54) is 11.4 Å². The molecular formula is C11H21N3. The lowest BCUT2D eigenvalue weighted by Crippen LogP contribution is -2.20. The van der Waals surface area contributed by atoms with Gasteiger partial charge in [0.05, 0.1) is 5.69 Å². The van der Waals surface area contributed by atoms with Crippen LogP contribution in [0.3, 0.4) is 0 Å². The van der Waals surface area contributed by atoms with Gasteiger partial charge in [-0.15, -0.1) is 0 Å². The summed E-state index contributed by atoms with van der Waals surface area (Å²) < 4.78 is 2.19. The van der Waals surface area contributed by atoms with Crippen LogP contribution in [0.2, 0.25) is 0 Å². The topological polar surface area (TPSA) is 29.9 Å². The Kier molecular flexibility index (Phi) is 3.00. The number of nitrogens with one attached hydrogen (secondary N) is 1. The first-order valence-electron chi connectivity index (χ1n) is 5.05. The fourth-order valence-electron chi connectivity index (χ4n) is 1.91. The van der Waals surface area contributed by atoms with Crippen molar-refractivity contribution in [1.29, 1.82) is 0 Å². The molecule has 3 nitrogen and oxygen atoms in total. The molecule has 0 bridgehead atoms. The van der Waals surface area contributed by atoms with E-state index in [0.717, 1.165) is 12.4 Å². The average Bonchev–Trinajstić information content (AvgIpc) is 2.27. The quantitative estimate of drug-likeness (QED) is 0.779. The molecule has 0 aliphatic rings. The van der Waals surface area contributed by atoms with Crippen LogP contribution < -0.4 is 5.32 Å². The summed E-state index contributed by atoms with van der Waals surface area (Å²) in [5.41, 5.74) is 2.65. The predicted octanol–water partition coefficient (Wildman–Crippen LogP) is 1.75. The third-order valence-electron chi connectivity index (χ3n) is 2.45. The summed E-state index contributed by atoms with van der Waals surface area (Å²) in [5.74, 6) is 1.08. The van der Waals surface area contributed by atoms with Crippen LogP contribution in [0.1, 0.15) is 38.0 Å². The molecular weight excluding hydrogens is 174 g/mol. The summed E-state index contributed by atoms with van der Waals surface area (Å²) >= 11 is 0. The molecule has 0 aliphatic heterocycles. The highest BCUT2D eigenvalue weighted by Gasteiger charge is 2.23. The molecule has 0 amide bonds. The molecule has 80 valence electrons. The Balaban J connectivity index is 3.23. The Bertz CT molecular complexity index is 318. The second kappa shape index (κ2) is 3.73. The molecule has 1 aromatic rings. The fourth-order valence-corrected chi connectivity index (χ4v) is 1.91. The van der Waals surface area contributed by atoms with Gasteiger partial charge in [-0.2, -0.15) is 0 Å².